The van der Waals surface area contributed by atoms with E-state index in [1.165, 1.54) is 0 Å². The van der Waals surface area contributed by atoms with E-state index in [0.717, 1.165) is 28.1 Å². The summed E-state index contributed by atoms with van der Waals surface area (Å²) in [6.07, 6.45) is 3.47. The first-order valence-electron chi connectivity index (χ1n) is 9.71. The summed E-state index contributed by atoms with van der Waals surface area (Å²) < 4.78 is 13.1. The fourth-order valence-corrected chi connectivity index (χ4v) is 3.31. The van der Waals surface area contributed by atoms with Crippen molar-refractivity contribution in [3.63, 3.8) is 0 Å². The second kappa shape index (κ2) is 8.71. The molecule has 1 aromatic carbocycles. The Morgan fingerprint density at radius 1 is 1.10 bits per heavy atom. The molecule has 4 aromatic rings. The van der Waals surface area contributed by atoms with Gasteiger partial charge in [-0.15, -0.1) is 0 Å². The van der Waals surface area contributed by atoms with E-state index in [1.54, 1.807) is 19.6 Å². The Bertz CT molecular complexity index is 1290. The van der Waals surface area contributed by atoms with Gasteiger partial charge in [0.05, 0.1) is 25.7 Å². The van der Waals surface area contributed by atoms with E-state index in [9.17, 15) is 0 Å². The Balaban J connectivity index is 1.59. The monoisotopic (exact) mass is 414 g/mol. The molecule has 0 aliphatic heterocycles. The number of nitrogens with two attached hydrogens (primary N) is 1. The van der Waals surface area contributed by atoms with Crippen molar-refractivity contribution in [1.82, 2.24) is 24.5 Å². The molecule has 0 spiro atoms. The zero-order valence-corrected chi connectivity index (χ0v) is 17.6. The second-order valence-corrected chi connectivity index (χ2v) is 6.93. The third kappa shape index (κ3) is 4.26. The molecule has 0 radical (unpaired) electrons. The largest absolute Gasteiger partial charge is 0.496 e. The highest BCUT2D eigenvalue weighted by Crippen LogP contribution is 2.26. The number of aryl methyl sites for hydroxylation is 1. The van der Waals surface area contributed by atoms with Crippen LogP contribution in [0.1, 0.15) is 22.4 Å². The molecular weight excluding hydrogens is 392 g/mol. The van der Waals surface area contributed by atoms with Gasteiger partial charge in [0.1, 0.15) is 5.75 Å². The maximum absolute atomic E-state index is 5.92. The van der Waals surface area contributed by atoms with Crippen LogP contribution in [0.4, 0.5) is 5.95 Å². The number of imidazole rings is 1. The second-order valence-electron chi connectivity index (χ2n) is 6.93. The highest BCUT2D eigenvalue weighted by molar-refractivity contribution is 5.77. The number of anilines is 1. The van der Waals surface area contributed by atoms with Crippen LogP contribution in [0.3, 0.4) is 0 Å². The normalized spacial score (nSPS) is 10.5. The summed E-state index contributed by atoms with van der Waals surface area (Å²) in [5.74, 6) is 7.24. The molecular formula is C23H22N6O2. The summed E-state index contributed by atoms with van der Waals surface area (Å²) in [5, 5.41) is 0. The number of rotatable bonds is 5. The third-order valence-electron chi connectivity index (χ3n) is 4.81. The first kappa shape index (κ1) is 20.2. The van der Waals surface area contributed by atoms with Gasteiger partial charge in [-0.3, -0.25) is 4.98 Å². The minimum Gasteiger partial charge on any atom is -0.496 e. The minimum absolute atomic E-state index is 0.103. The summed E-state index contributed by atoms with van der Waals surface area (Å²) in [6.45, 7) is 4.57. The average Bonchev–Trinajstić information content (AvgIpc) is 3.17. The topological polar surface area (TPSA) is 101 Å². The molecule has 0 aliphatic rings. The van der Waals surface area contributed by atoms with E-state index < -0.39 is 0 Å². The van der Waals surface area contributed by atoms with Crippen LogP contribution in [0, 0.1) is 25.7 Å². The SMILES string of the molecule is COc1c(C)cnc(Cn2cnc3c(OCC#Cc4ccccc4)nc(N)nc32)c1C. The molecule has 156 valence electrons. The van der Waals surface area contributed by atoms with E-state index in [-0.39, 0.29) is 12.6 Å². The van der Waals surface area contributed by atoms with Gasteiger partial charge in [0, 0.05) is 22.9 Å². The van der Waals surface area contributed by atoms with Gasteiger partial charge < -0.3 is 19.8 Å². The number of pyridine rings is 1. The molecule has 0 aliphatic carbocycles. The van der Waals surface area contributed by atoms with Crippen molar-refractivity contribution in [1.29, 1.82) is 0 Å². The summed E-state index contributed by atoms with van der Waals surface area (Å²) >= 11 is 0. The molecule has 0 bridgehead atoms. The molecule has 0 unspecified atom stereocenters. The van der Waals surface area contributed by atoms with Crippen molar-refractivity contribution in [3.8, 4) is 23.5 Å². The van der Waals surface area contributed by atoms with Gasteiger partial charge in [-0.2, -0.15) is 9.97 Å². The Labute approximate surface area is 180 Å². The van der Waals surface area contributed by atoms with Gasteiger partial charge in [0.25, 0.3) is 0 Å². The van der Waals surface area contributed by atoms with Gasteiger partial charge in [-0.05, 0) is 26.0 Å². The average molecular weight is 414 g/mol. The van der Waals surface area contributed by atoms with Crippen LogP contribution < -0.4 is 15.2 Å². The fourth-order valence-electron chi connectivity index (χ4n) is 3.31. The van der Waals surface area contributed by atoms with Crippen LogP contribution in [0.15, 0.2) is 42.9 Å². The Morgan fingerprint density at radius 3 is 2.68 bits per heavy atom. The van der Waals surface area contributed by atoms with Crippen LogP contribution in [-0.4, -0.2) is 38.2 Å². The Kier molecular flexibility index (Phi) is 5.67. The number of hydrogen-bond donors (Lipinski definition) is 1. The van der Waals surface area contributed by atoms with Crippen molar-refractivity contribution >= 4 is 17.1 Å². The quantitative estimate of drug-likeness (QED) is 0.501. The molecule has 4 rings (SSSR count). The molecule has 31 heavy (non-hydrogen) atoms. The van der Waals surface area contributed by atoms with E-state index >= 15 is 0 Å². The predicted molar refractivity (Wildman–Crippen MR) is 118 cm³/mol. The maximum Gasteiger partial charge on any atom is 0.248 e. The smallest absolute Gasteiger partial charge is 0.248 e. The lowest BCUT2D eigenvalue weighted by Gasteiger charge is -2.13. The summed E-state index contributed by atoms with van der Waals surface area (Å²) in [7, 11) is 1.66. The van der Waals surface area contributed by atoms with E-state index in [4.69, 9.17) is 15.2 Å². The number of aromatic nitrogens is 5. The van der Waals surface area contributed by atoms with E-state index in [2.05, 4.69) is 31.8 Å². The Hall–Kier alpha value is -4.12. The minimum atomic E-state index is 0.103. The predicted octanol–water partition coefficient (Wildman–Crippen LogP) is 2.91. The molecule has 0 amide bonds. The number of nitrogen functional groups attached to an aromatic ring is 1. The van der Waals surface area contributed by atoms with Crippen LogP contribution in [0.2, 0.25) is 0 Å². The first-order chi connectivity index (χ1) is 15.1. The van der Waals surface area contributed by atoms with Crippen LogP contribution in [0.5, 0.6) is 11.6 Å². The van der Waals surface area contributed by atoms with Gasteiger partial charge in [-0.25, -0.2) is 4.98 Å². The molecule has 3 aromatic heterocycles. The molecule has 0 atom stereocenters. The van der Waals surface area contributed by atoms with E-state index in [0.29, 0.717) is 23.6 Å². The third-order valence-corrected chi connectivity index (χ3v) is 4.81. The summed E-state index contributed by atoms with van der Waals surface area (Å²) in [5.41, 5.74) is 10.7. The van der Waals surface area contributed by atoms with Crippen molar-refractivity contribution in [2.75, 3.05) is 19.5 Å². The number of ether oxygens (including phenoxy) is 2. The van der Waals surface area contributed by atoms with Crippen LogP contribution in [0.25, 0.3) is 11.2 Å². The first-order valence-corrected chi connectivity index (χ1v) is 9.71. The standard InChI is InChI=1S/C23H22N6O2/c1-15-12-25-18(16(2)20(15)30-3)13-29-14-26-19-21(29)27-23(24)28-22(19)31-11-7-10-17-8-5-4-6-9-17/h4-6,8-9,12,14H,11,13H2,1-3H3,(H2,24,27,28). The molecule has 8 nitrogen and oxygen atoms in total. The van der Waals surface area contributed by atoms with Crippen molar-refractivity contribution in [3.05, 3.63) is 65.2 Å². The number of benzene rings is 1. The lowest BCUT2D eigenvalue weighted by molar-refractivity contribution is 0.359. The van der Waals surface area contributed by atoms with Gasteiger partial charge in [-0.1, -0.05) is 30.0 Å². The number of fused-ring (bicyclic) bond motifs is 1. The van der Waals surface area contributed by atoms with Crippen molar-refractivity contribution < 1.29 is 9.47 Å². The summed E-state index contributed by atoms with van der Waals surface area (Å²) in [4.78, 5) is 17.5. The molecule has 0 fully saturated rings. The fraction of sp³-hybridized carbons (Fsp3) is 0.217. The zero-order valence-electron chi connectivity index (χ0n) is 17.6. The lowest BCUT2D eigenvalue weighted by atomic mass is 10.1. The molecule has 3 heterocycles. The maximum atomic E-state index is 5.92. The van der Waals surface area contributed by atoms with Crippen molar-refractivity contribution in [2.24, 2.45) is 0 Å². The van der Waals surface area contributed by atoms with Crippen LogP contribution >= 0.6 is 0 Å². The van der Waals surface area contributed by atoms with Gasteiger partial charge >= 0.3 is 0 Å². The Morgan fingerprint density at radius 2 is 1.90 bits per heavy atom. The molecule has 2 N–H and O–H groups in total. The number of methoxy groups -OCH3 is 1. The summed E-state index contributed by atoms with van der Waals surface area (Å²) in [6, 6.07) is 9.69. The molecule has 0 saturated carbocycles. The van der Waals surface area contributed by atoms with Gasteiger partial charge in [0.15, 0.2) is 17.8 Å². The number of hydrogen-bond acceptors (Lipinski definition) is 7. The van der Waals surface area contributed by atoms with Crippen molar-refractivity contribution in [2.45, 2.75) is 20.4 Å². The zero-order chi connectivity index (χ0) is 21.8. The molecule has 8 heteroatoms. The lowest BCUT2D eigenvalue weighted by Crippen LogP contribution is -2.07. The van der Waals surface area contributed by atoms with Gasteiger partial charge in [0.2, 0.25) is 11.8 Å². The highest BCUT2D eigenvalue weighted by atomic mass is 16.5. The van der Waals surface area contributed by atoms with E-state index in [1.807, 2.05) is 48.7 Å². The van der Waals surface area contributed by atoms with Crippen LogP contribution in [-0.2, 0) is 6.54 Å². The molecule has 0 saturated heterocycles. The highest BCUT2D eigenvalue weighted by Gasteiger charge is 2.16. The number of nitrogens with zero attached hydrogens (tertiary/aromatic N) is 5.